The molecule has 0 atom stereocenters. The van der Waals surface area contributed by atoms with Gasteiger partial charge in [-0.2, -0.15) is 0 Å². The second kappa shape index (κ2) is 11.2. The first-order valence-corrected chi connectivity index (χ1v) is 12.8. The number of carbonyl (C=O) groups excluding carboxylic acids is 1. The molecule has 0 saturated carbocycles. The van der Waals surface area contributed by atoms with Crippen LogP contribution < -0.4 is 15.5 Å². The van der Waals surface area contributed by atoms with E-state index < -0.39 is 0 Å². The summed E-state index contributed by atoms with van der Waals surface area (Å²) < 4.78 is 0. The van der Waals surface area contributed by atoms with Gasteiger partial charge in [0.2, 0.25) is 11.9 Å². The van der Waals surface area contributed by atoms with E-state index in [2.05, 4.69) is 81.4 Å². The fourth-order valence-electron chi connectivity index (χ4n) is 4.72. The lowest BCUT2D eigenvalue weighted by Gasteiger charge is -2.38. The molecule has 192 valence electrons. The van der Waals surface area contributed by atoms with E-state index in [1.54, 1.807) is 6.20 Å². The number of hydrogen-bond acceptors (Lipinski definition) is 6. The highest BCUT2D eigenvalue weighted by atomic mass is 16.1. The number of hydrogen-bond donors (Lipinski definition) is 2. The van der Waals surface area contributed by atoms with E-state index in [-0.39, 0.29) is 5.91 Å². The van der Waals surface area contributed by atoms with E-state index in [0.29, 0.717) is 5.95 Å². The highest BCUT2D eigenvalue weighted by molar-refractivity contribution is 5.88. The van der Waals surface area contributed by atoms with Crippen LogP contribution in [-0.4, -0.2) is 47.0 Å². The summed E-state index contributed by atoms with van der Waals surface area (Å²) >= 11 is 0. The molecule has 3 aromatic carbocycles. The topological polar surface area (TPSA) is 73.4 Å². The summed E-state index contributed by atoms with van der Waals surface area (Å²) in [5.74, 6) is 0.438. The first kappa shape index (κ1) is 25.0. The number of aromatic nitrogens is 2. The minimum absolute atomic E-state index is 0.0943. The quantitative estimate of drug-likeness (QED) is 0.324. The Labute approximate surface area is 223 Å². The smallest absolute Gasteiger partial charge is 0.227 e. The van der Waals surface area contributed by atoms with Crippen LogP contribution in [0, 0.1) is 6.92 Å². The molecule has 4 aromatic rings. The van der Waals surface area contributed by atoms with Gasteiger partial charge in [-0.1, -0.05) is 49.0 Å². The number of aryl methyl sites for hydroxylation is 1. The Morgan fingerprint density at radius 1 is 0.895 bits per heavy atom. The van der Waals surface area contributed by atoms with Gasteiger partial charge in [0.05, 0.1) is 5.69 Å². The van der Waals surface area contributed by atoms with Gasteiger partial charge in [-0.05, 0) is 48.9 Å². The molecule has 0 unspecified atom stereocenters. The summed E-state index contributed by atoms with van der Waals surface area (Å²) in [7, 11) is 0. The monoisotopic (exact) mass is 504 g/mol. The molecule has 5 rings (SSSR count). The maximum Gasteiger partial charge on any atom is 0.227 e. The molecule has 2 heterocycles. The van der Waals surface area contributed by atoms with E-state index in [1.807, 2.05) is 36.4 Å². The van der Waals surface area contributed by atoms with Crippen molar-refractivity contribution in [3.05, 3.63) is 103 Å². The zero-order valence-electron chi connectivity index (χ0n) is 21.8. The van der Waals surface area contributed by atoms with E-state index >= 15 is 0 Å². The molecule has 1 aliphatic rings. The molecule has 7 heteroatoms. The number of piperazine rings is 1. The van der Waals surface area contributed by atoms with Crippen molar-refractivity contribution in [2.24, 2.45) is 0 Å². The molecule has 1 aromatic heterocycles. The Morgan fingerprint density at radius 2 is 1.66 bits per heavy atom. The van der Waals surface area contributed by atoms with Gasteiger partial charge in [0.15, 0.2) is 0 Å². The molecule has 0 aliphatic carbocycles. The van der Waals surface area contributed by atoms with Crippen molar-refractivity contribution in [1.82, 2.24) is 14.9 Å². The van der Waals surface area contributed by atoms with Crippen LogP contribution in [0.2, 0.25) is 0 Å². The minimum Gasteiger partial charge on any atom is -0.368 e. The van der Waals surface area contributed by atoms with Gasteiger partial charge < -0.3 is 20.4 Å². The Balaban J connectivity index is 1.23. The van der Waals surface area contributed by atoms with E-state index in [9.17, 15) is 4.79 Å². The van der Waals surface area contributed by atoms with E-state index in [4.69, 9.17) is 4.98 Å². The van der Waals surface area contributed by atoms with Crippen LogP contribution in [0.4, 0.5) is 23.0 Å². The summed E-state index contributed by atoms with van der Waals surface area (Å²) in [5.41, 5.74) is 8.19. The van der Waals surface area contributed by atoms with Gasteiger partial charge in [0.1, 0.15) is 0 Å². The predicted molar refractivity (Wildman–Crippen MR) is 155 cm³/mol. The lowest BCUT2D eigenvalue weighted by molar-refractivity contribution is -0.114. The molecule has 2 N–H and O–H groups in total. The second-order valence-electron chi connectivity index (χ2n) is 9.44. The fraction of sp³-hybridized carbons (Fsp3) is 0.194. The van der Waals surface area contributed by atoms with Crippen LogP contribution in [0.3, 0.4) is 0 Å². The standard InChI is InChI=1S/C31H32N6O/c1-22-7-4-5-10-29(22)23(2)36-17-19-37(20-18-36)28-9-6-8-27(21-28)34-31-32-16-15-30(35-31)25-11-13-26(14-12-25)33-24(3)38/h4-16,21H,2,17-20H2,1,3H3,(H,33,38)(H,32,34,35). The Morgan fingerprint density at radius 3 is 2.39 bits per heavy atom. The summed E-state index contributed by atoms with van der Waals surface area (Å²) in [4.78, 5) is 25.2. The van der Waals surface area contributed by atoms with E-state index in [0.717, 1.165) is 54.5 Å². The third kappa shape index (κ3) is 5.83. The van der Waals surface area contributed by atoms with E-state index in [1.165, 1.54) is 23.7 Å². The molecular weight excluding hydrogens is 472 g/mol. The number of rotatable bonds is 7. The van der Waals surface area contributed by atoms with Crippen molar-refractivity contribution >= 4 is 34.6 Å². The largest absolute Gasteiger partial charge is 0.368 e. The molecule has 0 spiro atoms. The molecular formula is C31H32N6O. The fourth-order valence-corrected chi connectivity index (χ4v) is 4.72. The average Bonchev–Trinajstić information content (AvgIpc) is 2.93. The van der Waals surface area contributed by atoms with Crippen LogP contribution >= 0.6 is 0 Å². The van der Waals surface area contributed by atoms with Gasteiger partial charge in [-0.3, -0.25) is 4.79 Å². The summed E-state index contributed by atoms with van der Waals surface area (Å²) in [6.45, 7) is 11.7. The maximum atomic E-state index is 11.3. The second-order valence-corrected chi connectivity index (χ2v) is 9.44. The lowest BCUT2D eigenvalue weighted by Crippen LogP contribution is -2.45. The molecule has 7 nitrogen and oxygen atoms in total. The van der Waals surface area contributed by atoms with Crippen molar-refractivity contribution in [3.8, 4) is 11.3 Å². The van der Waals surface area contributed by atoms with Crippen molar-refractivity contribution in [1.29, 1.82) is 0 Å². The number of amides is 1. The molecule has 0 radical (unpaired) electrons. The van der Waals surface area contributed by atoms with Gasteiger partial charge >= 0.3 is 0 Å². The van der Waals surface area contributed by atoms with Crippen molar-refractivity contribution in [3.63, 3.8) is 0 Å². The predicted octanol–water partition coefficient (Wildman–Crippen LogP) is 5.95. The normalized spacial score (nSPS) is 13.2. The molecule has 1 fully saturated rings. The molecule has 38 heavy (non-hydrogen) atoms. The molecule has 1 saturated heterocycles. The van der Waals surface area contributed by atoms with Crippen molar-refractivity contribution < 1.29 is 4.79 Å². The van der Waals surface area contributed by atoms with Crippen LogP contribution in [-0.2, 0) is 4.79 Å². The molecule has 1 amide bonds. The Kier molecular flexibility index (Phi) is 7.35. The Hall–Kier alpha value is -4.65. The van der Waals surface area contributed by atoms with Gasteiger partial charge in [-0.15, -0.1) is 0 Å². The number of carbonyl (C=O) groups is 1. The number of nitrogens with zero attached hydrogens (tertiary/aromatic N) is 4. The summed E-state index contributed by atoms with van der Waals surface area (Å²) in [5, 5.41) is 6.14. The SMILES string of the molecule is C=C(c1ccccc1C)N1CCN(c2cccc(Nc3nccc(-c4ccc(NC(C)=O)cc4)n3)c2)CC1. The Bertz CT molecular complexity index is 1440. The number of anilines is 4. The number of nitrogens with one attached hydrogen (secondary N) is 2. The first-order chi connectivity index (χ1) is 18.5. The first-order valence-electron chi connectivity index (χ1n) is 12.8. The van der Waals surface area contributed by atoms with Gasteiger partial charge in [-0.25, -0.2) is 9.97 Å². The third-order valence-electron chi connectivity index (χ3n) is 6.74. The third-order valence-corrected chi connectivity index (χ3v) is 6.74. The summed E-state index contributed by atoms with van der Waals surface area (Å²) in [6.07, 6.45) is 1.75. The van der Waals surface area contributed by atoms with Crippen LogP contribution in [0.15, 0.2) is 91.6 Å². The lowest BCUT2D eigenvalue weighted by atomic mass is 10.1. The van der Waals surface area contributed by atoms with Crippen molar-refractivity contribution in [2.75, 3.05) is 41.7 Å². The average molecular weight is 505 g/mol. The highest BCUT2D eigenvalue weighted by Gasteiger charge is 2.20. The van der Waals surface area contributed by atoms with Crippen LogP contribution in [0.1, 0.15) is 18.1 Å². The zero-order chi connectivity index (χ0) is 26.5. The van der Waals surface area contributed by atoms with Crippen LogP contribution in [0.5, 0.6) is 0 Å². The maximum absolute atomic E-state index is 11.3. The minimum atomic E-state index is -0.0943. The highest BCUT2D eigenvalue weighted by Crippen LogP contribution is 2.27. The van der Waals surface area contributed by atoms with Gasteiger partial charge in [0.25, 0.3) is 0 Å². The van der Waals surface area contributed by atoms with Gasteiger partial charge in [0, 0.05) is 73.2 Å². The van der Waals surface area contributed by atoms with Crippen LogP contribution in [0.25, 0.3) is 17.0 Å². The summed E-state index contributed by atoms with van der Waals surface area (Å²) in [6, 6.07) is 26.3. The van der Waals surface area contributed by atoms with Crippen molar-refractivity contribution in [2.45, 2.75) is 13.8 Å². The number of benzene rings is 3. The molecule has 0 bridgehead atoms. The zero-order valence-corrected chi connectivity index (χ0v) is 21.8. The molecule has 1 aliphatic heterocycles.